The zero-order valence-electron chi connectivity index (χ0n) is 19.6. The van der Waals surface area contributed by atoms with Crippen molar-refractivity contribution in [3.8, 4) is 22.3 Å². The molecule has 0 unspecified atom stereocenters. The van der Waals surface area contributed by atoms with Crippen LogP contribution < -0.4 is 10.5 Å². The Balaban J connectivity index is 1.59. The Morgan fingerprint density at radius 3 is 2.44 bits per heavy atom. The fraction of sp³-hybridized carbons (Fsp3) is 0.120. The fourth-order valence-electron chi connectivity index (χ4n) is 4.18. The molecule has 0 aliphatic carbocycles. The second-order valence-electron chi connectivity index (χ2n) is 8.47. The lowest BCUT2D eigenvalue weighted by Gasteiger charge is -2.18. The molecule has 8 nitrogen and oxygen atoms in total. The Morgan fingerprint density at radius 1 is 0.974 bits per heavy atom. The third-order valence-corrected chi connectivity index (χ3v) is 6.29. The van der Waals surface area contributed by atoms with Crippen molar-refractivity contribution in [2.45, 2.75) is 19.0 Å². The smallest absolute Gasteiger partial charge is 0.264 e. The molecule has 14 heteroatoms. The van der Waals surface area contributed by atoms with Crippen LogP contribution in [-0.4, -0.2) is 24.5 Å². The molecule has 0 saturated carbocycles. The van der Waals surface area contributed by atoms with Crippen LogP contribution in [0.3, 0.4) is 0 Å². The molecule has 5 rings (SSSR count). The SMILES string of the molecule is Nc1ccc(-c2cnn([C@@H](Cn3cc(F)cn3)c3ccc(-c4c(C(F)F)ccc(Cl)c4F)c[n+]3[O-])c2)c(F)n1. The first-order valence-electron chi connectivity index (χ1n) is 11.3. The van der Waals surface area contributed by atoms with Crippen LogP contribution in [0, 0.1) is 22.8 Å². The van der Waals surface area contributed by atoms with Gasteiger partial charge in [0.2, 0.25) is 11.6 Å². The van der Waals surface area contributed by atoms with E-state index in [1.54, 1.807) is 0 Å². The van der Waals surface area contributed by atoms with Crippen molar-refractivity contribution in [2.75, 3.05) is 5.73 Å². The van der Waals surface area contributed by atoms with Crippen molar-refractivity contribution >= 4 is 17.4 Å². The molecule has 0 spiro atoms. The molecular weight excluding hydrogens is 545 g/mol. The van der Waals surface area contributed by atoms with Gasteiger partial charge in [0.05, 0.1) is 35.7 Å². The van der Waals surface area contributed by atoms with Crippen LogP contribution in [0.15, 0.2) is 67.4 Å². The van der Waals surface area contributed by atoms with Crippen LogP contribution in [0.5, 0.6) is 0 Å². The van der Waals surface area contributed by atoms with Crippen molar-refractivity contribution in [1.82, 2.24) is 24.5 Å². The number of rotatable bonds is 7. The van der Waals surface area contributed by atoms with Gasteiger partial charge in [-0.2, -0.15) is 19.3 Å². The van der Waals surface area contributed by atoms with Crippen molar-refractivity contribution in [3.05, 3.63) is 106 Å². The maximum atomic E-state index is 14.8. The Morgan fingerprint density at radius 2 is 1.77 bits per heavy atom. The first-order chi connectivity index (χ1) is 18.6. The predicted octanol–water partition coefficient (Wildman–Crippen LogP) is 5.32. The van der Waals surface area contributed by atoms with Crippen LogP contribution in [-0.2, 0) is 6.54 Å². The van der Waals surface area contributed by atoms with E-state index >= 15 is 0 Å². The van der Waals surface area contributed by atoms with Gasteiger partial charge >= 0.3 is 0 Å². The van der Waals surface area contributed by atoms with Crippen LogP contribution in [0.2, 0.25) is 5.02 Å². The summed E-state index contributed by atoms with van der Waals surface area (Å²) in [4.78, 5) is 3.59. The molecule has 4 aromatic heterocycles. The highest BCUT2D eigenvalue weighted by Crippen LogP contribution is 2.36. The number of nitrogen functional groups attached to an aromatic ring is 1. The van der Waals surface area contributed by atoms with E-state index < -0.39 is 41.2 Å². The molecule has 0 aliphatic heterocycles. The van der Waals surface area contributed by atoms with Crippen LogP contribution in [0.4, 0.5) is 27.8 Å². The zero-order chi connectivity index (χ0) is 27.8. The van der Waals surface area contributed by atoms with E-state index in [0.717, 1.165) is 30.7 Å². The predicted molar refractivity (Wildman–Crippen MR) is 131 cm³/mol. The number of halogens is 6. The van der Waals surface area contributed by atoms with E-state index in [2.05, 4.69) is 15.2 Å². The van der Waals surface area contributed by atoms with Crippen molar-refractivity contribution in [1.29, 1.82) is 0 Å². The largest absolute Gasteiger partial charge is 0.618 e. The number of hydrogen-bond acceptors (Lipinski definition) is 5. The van der Waals surface area contributed by atoms with Crippen LogP contribution >= 0.6 is 11.6 Å². The average Bonchev–Trinajstić information content (AvgIpc) is 3.53. The fourth-order valence-corrected chi connectivity index (χ4v) is 4.34. The topological polar surface area (TPSA) is 101 Å². The third-order valence-electron chi connectivity index (χ3n) is 6.00. The van der Waals surface area contributed by atoms with Gasteiger partial charge in [0.25, 0.3) is 6.43 Å². The highest BCUT2D eigenvalue weighted by Gasteiger charge is 2.27. The summed E-state index contributed by atoms with van der Waals surface area (Å²) in [6, 6.07) is 6.47. The number of aromatic nitrogens is 6. The molecule has 0 saturated heterocycles. The first-order valence-corrected chi connectivity index (χ1v) is 11.6. The molecule has 2 N–H and O–H groups in total. The molecule has 0 fully saturated rings. The van der Waals surface area contributed by atoms with E-state index in [1.807, 2.05) is 0 Å². The lowest BCUT2D eigenvalue weighted by atomic mass is 9.99. The number of nitrogens with two attached hydrogens (primary N) is 1. The summed E-state index contributed by atoms with van der Waals surface area (Å²) in [6.45, 7) is -0.0943. The number of hydrogen-bond donors (Lipinski definition) is 1. The summed E-state index contributed by atoms with van der Waals surface area (Å²) < 4.78 is 73.0. The lowest BCUT2D eigenvalue weighted by molar-refractivity contribution is -0.615. The van der Waals surface area contributed by atoms with Gasteiger partial charge in [0.1, 0.15) is 11.6 Å². The molecule has 1 aromatic carbocycles. The molecule has 0 amide bonds. The highest BCUT2D eigenvalue weighted by atomic mass is 35.5. The first kappa shape index (κ1) is 26.1. The van der Waals surface area contributed by atoms with Gasteiger partial charge in [-0.15, -0.1) is 0 Å². The summed E-state index contributed by atoms with van der Waals surface area (Å²) in [7, 11) is 0. The quantitative estimate of drug-likeness (QED) is 0.125. The van der Waals surface area contributed by atoms with Gasteiger partial charge in [0.15, 0.2) is 18.1 Å². The molecule has 1 atom stereocenters. The van der Waals surface area contributed by atoms with Gasteiger partial charge < -0.3 is 10.9 Å². The van der Waals surface area contributed by atoms with Gasteiger partial charge in [0, 0.05) is 34.5 Å². The molecule has 0 bridgehead atoms. The molecular formula is C25H17ClF5N7O. The van der Waals surface area contributed by atoms with E-state index in [9.17, 15) is 27.2 Å². The molecule has 39 heavy (non-hydrogen) atoms. The summed E-state index contributed by atoms with van der Waals surface area (Å²) in [5, 5.41) is 21.0. The lowest BCUT2D eigenvalue weighted by Crippen LogP contribution is -2.37. The summed E-state index contributed by atoms with van der Waals surface area (Å²) in [5.74, 6) is -2.56. The minimum Gasteiger partial charge on any atom is -0.618 e. The zero-order valence-corrected chi connectivity index (χ0v) is 20.4. The van der Waals surface area contributed by atoms with E-state index in [1.165, 1.54) is 46.0 Å². The Kier molecular flexibility index (Phi) is 6.91. The molecule has 5 aromatic rings. The van der Waals surface area contributed by atoms with Crippen LogP contribution in [0.25, 0.3) is 22.3 Å². The normalized spacial score (nSPS) is 12.3. The minimum absolute atomic E-state index is 0.0131. The number of benzene rings is 1. The highest BCUT2D eigenvalue weighted by molar-refractivity contribution is 6.31. The Labute approximate surface area is 222 Å². The summed E-state index contributed by atoms with van der Waals surface area (Å²) in [6.07, 6.45) is 2.76. The van der Waals surface area contributed by atoms with E-state index in [4.69, 9.17) is 17.3 Å². The van der Waals surface area contributed by atoms with Crippen molar-refractivity contribution in [2.24, 2.45) is 0 Å². The second-order valence-corrected chi connectivity index (χ2v) is 8.88. The van der Waals surface area contributed by atoms with Gasteiger partial charge in [-0.3, -0.25) is 9.36 Å². The second kappa shape index (κ2) is 10.3. The number of anilines is 1. The Bertz CT molecular complexity index is 1670. The summed E-state index contributed by atoms with van der Waals surface area (Å²) >= 11 is 5.81. The van der Waals surface area contributed by atoms with Gasteiger partial charge in [-0.05, 0) is 24.3 Å². The number of nitrogens with zero attached hydrogens (tertiary/aromatic N) is 6. The Hall–Kier alpha value is -4.52. The molecule has 200 valence electrons. The molecule has 0 aliphatic rings. The van der Waals surface area contributed by atoms with Crippen molar-refractivity contribution < 1.29 is 26.7 Å². The van der Waals surface area contributed by atoms with Gasteiger partial charge in [-0.25, -0.2) is 22.5 Å². The van der Waals surface area contributed by atoms with Gasteiger partial charge in [-0.1, -0.05) is 17.7 Å². The summed E-state index contributed by atoms with van der Waals surface area (Å²) in [5.41, 5.74) is 4.68. The monoisotopic (exact) mass is 561 g/mol. The van der Waals surface area contributed by atoms with E-state index in [-0.39, 0.29) is 34.2 Å². The number of alkyl halides is 2. The number of pyridine rings is 2. The maximum Gasteiger partial charge on any atom is 0.264 e. The minimum atomic E-state index is -3.03. The maximum absolute atomic E-state index is 14.8. The van der Waals surface area contributed by atoms with Crippen molar-refractivity contribution in [3.63, 3.8) is 0 Å². The van der Waals surface area contributed by atoms with E-state index in [0.29, 0.717) is 10.3 Å². The third kappa shape index (κ3) is 5.12. The van der Waals surface area contributed by atoms with Crippen LogP contribution in [0.1, 0.15) is 23.7 Å². The average molecular weight is 562 g/mol. The molecule has 0 radical (unpaired) electrons. The standard InChI is InChI=1S/C25H17ClF5N7O/c26-18-4-2-17(24(29)30)22(23(18)28)13-1-5-19(38(39)10-13)20(12-36-11-15(27)8-33-36)37-9-14(7-34-37)16-3-6-21(32)35-25(16)31/h1-11,20,24H,12H2,(H2,32,35)/t20-/m0/s1. The molecule has 4 heterocycles.